The molecular weight excluding hydrogens is 126 g/mol. The van der Waals surface area contributed by atoms with Crippen molar-refractivity contribution in [3.05, 3.63) is 0 Å². The molecule has 0 bridgehead atoms. The zero-order valence-corrected chi connectivity index (χ0v) is 6.14. The highest BCUT2D eigenvalue weighted by Gasteiger charge is 2.36. The quantitative estimate of drug-likeness (QED) is 0.643. The van der Waals surface area contributed by atoms with E-state index in [9.17, 15) is 0 Å². The lowest BCUT2D eigenvalue weighted by Crippen LogP contribution is -2.27. The van der Waals surface area contributed by atoms with Crippen molar-refractivity contribution in [2.45, 2.75) is 32.1 Å². The van der Waals surface area contributed by atoms with Gasteiger partial charge in [0, 0.05) is 6.61 Å². The maximum absolute atomic E-state index is 8.73. The fourth-order valence-electron chi connectivity index (χ4n) is 1.44. The molecule has 1 rings (SSSR count). The third kappa shape index (κ3) is 1.30. The van der Waals surface area contributed by atoms with Gasteiger partial charge in [-0.15, -0.1) is 0 Å². The SMILES string of the molecule is N#CC1(CCCO)CCC1. The van der Waals surface area contributed by atoms with Gasteiger partial charge in [0.2, 0.25) is 0 Å². The van der Waals surface area contributed by atoms with Gasteiger partial charge in [-0.05, 0) is 25.7 Å². The topological polar surface area (TPSA) is 44.0 Å². The fraction of sp³-hybridized carbons (Fsp3) is 0.875. The van der Waals surface area contributed by atoms with Crippen molar-refractivity contribution >= 4 is 0 Å². The van der Waals surface area contributed by atoms with Gasteiger partial charge in [0.1, 0.15) is 0 Å². The summed E-state index contributed by atoms with van der Waals surface area (Å²) >= 11 is 0. The summed E-state index contributed by atoms with van der Waals surface area (Å²) in [7, 11) is 0. The molecule has 0 aromatic carbocycles. The zero-order valence-electron chi connectivity index (χ0n) is 6.14. The van der Waals surface area contributed by atoms with Crippen molar-refractivity contribution < 1.29 is 5.11 Å². The smallest absolute Gasteiger partial charge is 0.0689 e. The maximum Gasteiger partial charge on any atom is 0.0689 e. The number of nitriles is 1. The van der Waals surface area contributed by atoms with E-state index in [0.717, 1.165) is 25.7 Å². The minimum atomic E-state index is -0.0390. The summed E-state index contributed by atoms with van der Waals surface area (Å²) in [6.45, 7) is 0.226. The Bertz CT molecular complexity index is 144. The molecule has 1 aliphatic carbocycles. The highest BCUT2D eigenvalue weighted by molar-refractivity contribution is 5.04. The average Bonchev–Trinajstić information content (AvgIpc) is 1.87. The molecule has 56 valence electrons. The Morgan fingerprint density at radius 1 is 1.50 bits per heavy atom. The van der Waals surface area contributed by atoms with E-state index in [1.165, 1.54) is 6.42 Å². The van der Waals surface area contributed by atoms with Gasteiger partial charge in [0.15, 0.2) is 0 Å². The number of aliphatic hydroxyl groups is 1. The number of hydrogen-bond acceptors (Lipinski definition) is 2. The van der Waals surface area contributed by atoms with Crippen molar-refractivity contribution in [2.75, 3.05) is 6.61 Å². The highest BCUT2D eigenvalue weighted by Crippen LogP contribution is 2.43. The Morgan fingerprint density at radius 2 is 2.20 bits per heavy atom. The van der Waals surface area contributed by atoms with E-state index in [1.54, 1.807) is 0 Å². The molecule has 0 unspecified atom stereocenters. The van der Waals surface area contributed by atoms with Crippen molar-refractivity contribution in [1.82, 2.24) is 0 Å². The van der Waals surface area contributed by atoms with E-state index >= 15 is 0 Å². The van der Waals surface area contributed by atoms with E-state index in [0.29, 0.717) is 0 Å². The summed E-state index contributed by atoms with van der Waals surface area (Å²) in [5.74, 6) is 0. The molecule has 0 saturated heterocycles. The van der Waals surface area contributed by atoms with Gasteiger partial charge in [-0.2, -0.15) is 5.26 Å². The summed E-state index contributed by atoms with van der Waals surface area (Å²) in [4.78, 5) is 0. The van der Waals surface area contributed by atoms with Gasteiger partial charge in [-0.25, -0.2) is 0 Å². The molecule has 0 spiro atoms. The Labute approximate surface area is 61.5 Å². The Morgan fingerprint density at radius 3 is 2.50 bits per heavy atom. The van der Waals surface area contributed by atoms with Crippen molar-refractivity contribution in [3.63, 3.8) is 0 Å². The number of nitrogens with zero attached hydrogens (tertiary/aromatic N) is 1. The van der Waals surface area contributed by atoms with Crippen LogP contribution in [0.1, 0.15) is 32.1 Å². The highest BCUT2D eigenvalue weighted by atomic mass is 16.2. The molecule has 2 heteroatoms. The molecule has 1 N–H and O–H groups in total. The van der Waals surface area contributed by atoms with Crippen LogP contribution < -0.4 is 0 Å². The molecule has 0 heterocycles. The molecule has 2 nitrogen and oxygen atoms in total. The fourth-order valence-corrected chi connectivity index (χ4v) is 1.44. The minimum Gasteiger partial charge on any atom is -0.396 e. The van der Waals surface area contributed by atoms with Crippen LogP contribution in [-0.4, -0.2) is 11.7 Å². The third-order valence-corrected chi connectivity index (χ3v) is 2.36. The van der Waals surface area contributed by atoms with Crippen LogP contribution in [0.25, 0.3) is 0 Å². The summed E-state index contributed by atoms with van der Waals surface area (Å²) in [6, 6.07) is 2.34. The van der Waals surface area contributed by atoms with E-state index in [2.05, 4.69) is 6.07 Å². The maximum atomic E-state index is 8.73. The monoisotopic (exact) mass is 139 g/mol. The van der Waals surface area contributed by atoms with E-state index in [1.807, 2.05) is 0 Å². The van der Waals surface area contributed by atoms with Gasteiger partial charge >= 0.3 is 0 Å². The summed E-state index contributed by atoms with van der Waals surface area (Å²) in [5.41, 5.74) is -0.0390. The molecule has 10 heavy (non-hydrogen) atoms. The van der Waals surface area contributed by atoms with Crippen LogP contribution in [0.3, 0.4) is 0 Å². The normalized spacial score (nSPS) is 21.2. The second-order valence-electron chi connectivity index (χ2n) is 3.07. The lowest BCUT2D eigenvalue weighted by Gasteiger charge is -2.34. The van der Waals surface area contributed by atoms with Crippen LogP contribution in [0.5, 0.6) is 0 Å². The first-order valence-corrected chi connectivity index (χ1v) is 3.85. The van der Waals surface area contributed by atoms with Gasteiger partial charge < -0.3 is 5.11 Å². The molecule has 0 aromatic rings. The molecule has 1 saturated carbocycles. The van der Waals surface area contributed by atoms with Crippen LogP contribution in [0, 0.1) is 16.7 Å². The van der Waals surface area contributed by atoms with Crippen LogP contribution in [0.4, 0.5) is 0 Å². The Hall–Kier alpha value is -0.550. The molecule has 0 aliphatic heterocycles. The van der Waals surface area contributed by atoms with E-state index in [-0.39, 0.29) is 12.0 Å². The Kier molecular flexibility index (Phi) is 2.29. The van der Waals surface area contributed by atoms with Crippen LogP contribution in [0.15, 0.2) is 0 Å². The first-order chi connectivity index (χ1) is 4.83. The molecule has 1 aliphatic rings. The molecule has 0 aromatic heterocycles. The molecule has 0 amide bonds. The summed E-state index contributed by atoms with van der Waals surface area (Å²) < 4.78 is 0. The molecular formula is C8H13NO. The van der Waals surface area contributed by atoms with Crippen molar-refractivity contribution in [1.29, 1.82) is 5.26 Å². The second kappa shape index (κ2) is 3.03. The standard InChI is InChI=1S/C8H13NO/c9-7-8(3-1-4-8)5-2-6-10/h10H,1-6H2. The van der Waals surface area contributed by atoms with Gasteiger partial charge in [-0.1, -0.05) is 6.42 Å². The van der Waals surface area contributed by atoms with Gasteiger partial charge in [0.25, 0.3) is 0 Å². The molecule has 1 fully saturated rings. The lowest BCUT2D eigenvalue weighted by atomic mass is 9.67. The summed E-state index contributed by atoms with van der Waals surface area (Å²) in [5, 5.41) is 17.3. The third-order valence-electron chi connectivity index (χ3n) is 2.36. The number of aliphatic hydroxyl groups excluding tert-OH is 1. The average molecular weight is 139 g/mol. The largest absolute Gasteiger partial charge is 0.396 e. The van der Waals surface area contributed by atoms with Crippen LogP contribution >= 0.6 is 0 Å². The van der Waals surface area contributed by atoms with Crippen LogP contribution in [0.2, 0.25) is 0 Å². The predicted octanol–water partition coefficient (Wildman–Crippen LogP) is 1.45. The minimum absolute atomic E-state index is 0.0390. The molecule has 0 radical (unpaired) electrons. The molecule has 0 atom stereocenters. The van der Waals surface area contributed by atoms with E-state index in [4.69, 9.17) is 10.4 Å². The first-order valence-electron chi connectivity index (χ1n) is 3.85. The second-order valence-corrected chi connectivity index (χ2v) is 3.07. The zero-order chi connectivity index (χ0) is 7.45. The van der Waals surface area contributed by atoms with Gasteiger partial charge in [-0.3, -0.25) is 0 Å². The van der Waals surface area contributed by atoms with Gasteiger partial charge in [0.05, 0.1) is 11.5 Å². The first kappa shape index (κ1) is 7.56. The number of rotatable bonds is 3. The van der Waals surface area contributed by atoms with Crippen molar-refractivity contribution in [2.24, 2.45) is 5.41 Å². The van der Waals surface area contributed by atoms with Crippen molar-refractivity contribution in [3.8, 4) is 6.07 Å². The lowest BCUT2D eigenvalue weighted by molar-refractivity contribution is 0.172. The Balaban J connectivity index is 2.29. The summed E-state index contributed by atoms with van der Waals surface area (Å²) in [6.07, 6.45) is 4.96. The predicted molar refractivity (Wildman–Crippen MR) is 38.2 cm³/mol. The number of hydrogen-bond donors (Lipinski definition) is 1. The van der Waals surface area contributed by atoms with E-state index < -0.39 is 0 Å². The van der Waals surface area contributed by atoms with Crippen LogP contribution in [-0.2, 0) is 0 Å².